The Kier molecular flexibility index (Phi) is 2.66. The number of hydrogen-bond donors (Lipinski definition) is 1. The molecule has 0 spiro atoms. The molecule has 0 amide bonds. The van der Waals surface area contributed by atoms with Crippen LogP contribution in [0.5, 0.6) is 0 Å². The fraction of sp³-hybridized carbons (Fsp3) is 0.444. The van der Waals surface area contributed by atoms with Gasteiger partial charge in [-0.05, 0) is 6.92 Å². The van der Waals surface area contributed by atoms with Gasteiger partial charge in [-0.25, -0.2) is 9.97 Å². The van der Waals surface area contributed by atoms with Crippen LogP contribution in [0.15, 0.2) is 18.7 Å². The van der Waals surface area contributed by atoms with Crippen LogP contribution in [0.1, 0.15) is 12.7 Å². The molecule has 15 heavy (non-hydrogen) atoms. The fourth-order valence-electron chi connectivity index (χ4n) is 1.35. The van der Waals surface area contributed by atoms with E-state index < -0.39 is 0 Å². The summed E-state index contributed by atoms with van der Waals surface area (Å²) in [6, 6.07) is 0. The number of imidazole rings is 1. The maximum absolute atomic E-state index is 4.20. The summed E-state index contributed by atoms with van der Waals surface area (Å²) < 4.78 is 3.71. The van der Waals surface area contributed by atoms with E-state index in [2.05, 4.69) is 27.3 Å². The van der Waals surface area contributed by atoms with E-state index in [1.54, 1.807) is 17.2 Å². The van der Waals surface area contributed by atoms with E-state index in [9.17, 15) is 0 Å². The van der Waals surface area contributed by atoms with E-state index in [1.807, 2.05) is 17.8 Å². The normalized spacial score (nSPS) is 10.5. The van der Waals surface area contributed by atoms with E-state index in [0.717, 1.165) is 18.3 Å². The molecule has 2 rings (SSSR count). The first kappa shape index (κ1) is 9.70. The predicted octanol–water partition coefficient (Wildman–Crippen LogP) is 0.644. The molecule has 0 bridgehead atoms. The maximum Gasteiger partial charge on any atom is 0.203 e. The first-order valence-corrected chi connectivity index (χ1v) is 4.89. The third-order valence-corrected chi connectivity index (χ3v) is 2.11. The van der Waals surface area contributed by atoms with E-state index in [0.29, 0.717) is 6.54 Å². The number of hydrogen-bond acceptors (Lipinski definition) is 4. The van der Waals surface area contributed by atoms with Gasteiger partial charge in [0, 0.05) is 26.0 Å². The molecule has 0 aliphatic rings. The van der Waals surface area contributed by atoms with Gasteiger partial charge in [0.05, 0.1) is 6.54 Å². The van der Waals surface area contributed by atoms with Gasteiger partial charge in [-0.2, -0.15) is 5.10 Å². The van der Waals surface area contributed by atoms with Gasteiger partial charge in [-0.3, -0.25) is 4.68 Å². The molecule has 1 N–H and O–H groups in total. The summed E-state index contributed by atoms with van der Waals surface area (Å²) in [6.07, 6.45) is 5.40. The lowest BCUT2D eigenvalue weighted by atomic mass is 10.6. The smallest absolute Gasteiger partial charge is 0.203 e. The molecule has 6 nitrogen and oxygen atoms in total. The van der Waals surface area contributed by atoms with Crippen LogP contribution in [0.2, 0.25) is 0 Å². The van der Waals surface area contributed by atoms with Crippen molar-refractivity contribution in [2.24, 2.45) is 7.05 Å². The molecule has 0 unspecified atom stereocenters. The van der Waals surface area contributed by atoms with Crippen LogP contribution in [0.3, 0.4) is 0 Å². The van der Waals surface area contributed by atoms with Crippen molar-refractivity contribution in [3.05, 3.63) is 24.5 Å². The van der Waals surface area contributed by atoms with Crippen molar-refractivity contribution in [2.75, 3.05) is 5.32 Å². The zero-order valence-electron chi connectivity index (χ0n) is 8.88. The summed E-state index contributed by atoms with van der Waals surface area (Å²) in [5.74, 6) is 1.62. The topological polar surface area (TPSA) is 60.6 Å². The highest BCUT2D eigenvalue weighted by Gasteiger charge is 2.02. The van der Waals surface area contributed by atoms with Gasteiger partial charge in [0.1, 0.15) is 6.33 Å². The van der Waals surface area contributed by atoms with Crippen molar-refractivity contribution in [1.82, 2.24) is 24.3 Å². The third kappa shape index (κ3) is 2.15. The minimum atomic E-state index is 0.595. The van der Waals surface area contributed by atoms with Crippen LogP contribution in [0, 0.1) is 0 Å². The van der Waals surface area contributed by atoms with Crippen molar-refractivity contribution >= 4 is 5.95 Å². The van der Waals surface area contributed by atoms with Gasteiger partial charge in [0.25, 0.3) is 0 Å². The average molecular weight is 206 g/mol. The Hall–Kier alpha value is -1.85. The largest absolute Gasteiger partial charge is 0.348 e. The van der Waals surface area contributed by atoms with Crippen LogP contribution in [-0.2, 0) is 20.1 Å². The Morgan fingerprint density at radius 1 is 1.40 bits per heavy atom. The van der Waals surface area contributed by atoms with Crippen molar-refractivity contribution in [3.8, 4) is 0 Å². The lowest BCUT2D eigenvalue weighted by molar-refractivity contribution is 0.737. The van der Waals surface area contributed by atoms with Crippen molar-refractivity contribution in [3.63, 3.8) is 0 Å². The summed E-state index contributed by atoms with van der Waals surface area (Å²) in [5.41, 5.74) is 0. The summed E-state index contributed by atoms with van der Waals surface area (Å²) >= 11 is 0. The lowest BCUT2D eigenvalue weighted by Crippen LogP contribution is -2.07. The molecule has 0 saturated carbocycles. The monoisotopic (exact) mass is 206 g/mol. The molecule has 2 aromatic rings. The molecule has 80 valence electrons. The summed E-state index contributed by atoms with van der Waals surface area (Å²) in [4.78, 5) is 8.32. The fourth-order valence-corrected chi connectivity index (χ4v) is 1.35. The highest BCUT2D eigenvalue weighted by atomic mass is 15.3. The van der Waals surface area contributed by atoms with Crippen LogP contribution in [0.4, 0.5) is 5.95 Å². The number of aromatic nitrogens is 5. The highest BCUT2D eigenvalue weighted by molar-refractivity contribution is 5.25. The van der Waals surface area contributed by atoms with E-state index in [4.69, 9.17) is 0 Å². The van der Waals surface area contributed by atoms with E-state index >= 15 is 0 Å². The van der Waals surface area contributed by atoms with Crippen LogP contribution in [0.25, 0.3) is 0 Å². The number of aryl methyl sites for hydroxylation is 2. The molecule has 0 aromatic carbocycles. The van der Waals surface area contributed by atoms with Gasteiger partial charge in [0.2, 0.25) is 5.95 Å². The molecular formula is C9H14N6. The number of rotatable bonds is 4. The van der Waals surface area contributed by atoms with E-state index in [-0.39, 0.29) is 0 Å². The van der Waals surface area contributed by atoms with Crippen LogP contribution >= 0.6 is 0 Å². The second-order valence-electron chi connectivity index (χ2n) is 3.22. The van der Waals surface area contributed by atoms with Crippen molar-refractivity contribution in [1.29, 1.82) is 0 Å². The van der Waals surface area contributed by atoms with E-state index in [1.165, 1.54) is 0 Å². The molecule has 0 saturated heterocycles. The molecule has 6 heteroatoms. The molecule has 0 radical (unpaired) electrons. The van der Waals surface area contributed by atoms with Crippen molar-refractivity contribution < 1.29 is 0 Å². The SMILES string of the molecule is CCn1ccnc1NCc1ncn(C)n1. The summed E-state index contributed by atoms with van der Waals surface area (Å²) in [5, 5.41) is 7.36. The second kappa shape index (κ2) is 4.12. The molecular weight excluding hydrogens is 192 g/mol. The molecule has 2 aromatic heterocycles. The molecule has 0 atom stereocenters. The van der Waals surface area contributed by atoms with Crippen LogP contribution in [-0.4, -0.2) is 24.3 Å². The lowest BCUT2D eigenvalue weighted by Gasteiger charge is -2.05. The molecule has 0 fully saturated rings. The Balaban J connectivity index is 1.98. The Morgan fingerprint density at radius 3 is 2.93 bits per heavy atom. The quantitative estimate of drug-likeness (QED) is 0.797. The predicted molar refractivity (Wildman–Crippen MR) is 56.2 cm³/mol. The molecule has 2 heterocycles. The van der Waals surface area contributed by atoms with Gasteiger partial charge >= 0.3 is 0 Å². The average Bonchev–Trinajstić information content (AvgIpc) is 2.83. The van der Waals surface area contributed by atoms with Gasteiger partial charge in [-0.1, -0.05) is 0 Å². The summed E-state index contributed by atoms with van der Waals surface area (Å²) in [7, 11) is 1.85. The number of anilines is 1. The Morgan fingerprint density at radius 2 is 2.27 bits per heavy atom. The van der Waals surface area contributed by atoms with Gasteiger partial charge < -0.3 is 9.88 Å². The van der Waals surface area contributed by atoms with Gasteiger partial charge in [-0.15, -0.1) is 0 Å². The maximum atomic E-state index is 4.20. The Bertz CT molecular complexity index is 429. The second-order valence-corrected chi connectivity index (χ2v) is 3.22. The minimum Gasteiger partial charge on any atom is -0.348 e. The number of nitrogens with zero attached hydrogens (tertiary/aromatic N) is 5. The standard InChI is InChI=1S/C9H14N6/c1-3-15-5-4-10-9(15)11-6-8-12-7-14(2)13-8/h4-5,7H,3,6H2,1-2H3,(H,10,11). The summed E-state index contributed by atoms with van der Waals surface area (Å²) in [6.45, 7) is 3.57. The number of nitrogens with one attached hydrogen (secondary N) is 1. The van der Waals surface area contributed by atoms with Crippen LogP contribution < -0.4 is 5.32 Å². The first-order chi connectivity index (χ1) is 7.29. The Labute approximate surface area is 88.0 Å². The highest BCUT2D eigenvalue weighted by Crippen LogP contribution is 2.04. The first-order valence-electron chi connectivity index (χ1n) is 4.89. The van der Waals surface area contributed by atoms with Crippen molar-refractivity contribution in [2.45, 2.75) is 20.0 Å². The molecule has 0 aliphatic carbocycles. The third-order valence-electron chi connectivity index (χ3n) is 2.11. The minimum absolute atomic E-state index is 0.595. The van der Waals surface area contributed by atoms with Gasteiger partial charge in [0.15, 0.2) is 5.82 Å². The zero-order chi connectivity index (χ0) is 10.7. The molecule has 0 aliphatic heterocycles. The zero-order valence-corrected chi connectivity index (χ0v) is 8.88.